The number of fused-ring (bicyclic) bond motifs is 1. The van der Waals surface area contributed by atoms with Gasteiger partial charge >= 0.3 is 0 Å². The number of hydrazine groups is 1. The van der Waals surface area contributed by atoms with Crippen LogP contribution < -0.4 is 5.43 Å². The molecule has 4 nitrogen and oxygen atoms in total. The van der Waals surface area contributed by atoms with Gasteiger partial charge in [0.25, 0.3) is 0 Å². The van der Waals surface area contributed by atoms with Crippen molar-refractivity contribution in [3.8, 4) is 0 Å². The Kier molecular flexibility index (Phi) is 3.55. The summed E-state index contributed by atoms with van der Waals surface area (Å²) in [6, 6.07) is 8.59. The average molecular weight is 258 g/mol. The lowest BCUT2D eigenvalue weighted by molar-refractivity contribution is 0.102. The van der Waals surface area contributed by atoms with E-state index < -0.39 is 0 Å². The summed E-state index contributed by atoms with van der Waals surface area (Å²) < 4.78 is 2.20. The maximum Gasteiger partial charge on any atom is 0.0481 e. The molecule has 0 aliphatic carbocycles. The van der Waals surface area contributed by atoms with Crippen molar-refractivity contribution in [3.05, 3.63) is 36.0 Å². The van der Waals surface area contributed by atoms with E-state index >= 15 is 0 Å². The van der Waals surface area contributed by atoms with Crippen LogP contribution in [0.5, 0.6) is 0 Å². The molecule has 1 aliphatic rings. The molecule has 0 atom stereocenters. The Morgan fingerprint density at radius 2 is 1.79 bits per heavy atom. The zero-order valence-corrected chi connectivity index (χ0v) is 11.8. The first-order valence-electron chi connectivity index (χ1n) is 6.94. The largest absolute Gasteiger partial charge is 0.350 e. The molecule has 0 spiro atoms. The van der Waals surface area contributed by atoms with E-state index in [9.17, 15) is 0 Å². The Balaban J connectivity index is 1.69. The predicted octanol–water partition coefficient (Wildman–Crippen LogP) is 1.43. The summed E-state index contributed by atoms with van der Waals surface area (Å²) in [7, 11) is 4.30. The van der Waals surface area contributed by atoms with E-state index in [1.807, 2.05) is 0 Å². The predicted molar refractivity (Wildman–Crippen MR) is 78.8 cm³/mol. The van der Waals surface area contributed by atoms with Gasteiger partial charge in [-0.05, 0) is 18.7 Å². The quantitative estimate of drug-likeness (QED) is 0.901. The first-order valence-corrected chi connectivity index (χ1v) is 6.94. The number of likely N-dealkylation sites (N-methyl/N-ethyl adjacent to an activating group) is 1. The van der Waals surface area contributed by atoms with E-state index in [-0.39, 0.29) is 0 Å². The fourth-order valence-corrected chi connectivity index (χ4v) is 2.73. The van der Waals surface area contributed by atoms with Crippen LogP contribution in [-0.2, 0) is 13.6 Å². The van der Waals surface area contributed by atoms with E-state index in [0.717, 1.165) is 32.7 Å². The number of rotatable bonds is 3. The Labute approximate surface area is 114 Å². The highest BCUT2D eigenvalue weighted by Gasteiger charge is 2.13. The van der Waals surface area contributed by atoms with Gasteiger partial charge in [-0.25, -0.2) is 5.01 Å². The number of aromatic nitrogens is 1. The van der Waals surface area contributed by atoms with Crippen molar-refractivity contribution >= 4 is 10.9 Å². The van der Waals surface area contributed by atoms with Gasteiger partial charge in [0.05, 0.1) is 0 Å². The molecular weight excluding hydrogens is 236 g/mol. The highest BCUT2D eigenvalue weighted by molar-refractivity contribution is 5.83. The number of aryl methyl sites for hydroxylation is 1. The standard InChI is InChI=1S/C15H22N4/c1-17-7-9-19(10-8-17)16-11-13-12-18(2)15-6-4-3-5-14(13)15/h3-6,12,16H,7-11H2,1-2H3. The van der Waals surface area contributed by atoms with Gasteiger partial charge in [0, 0.05) is 56.9 Å². The zero-order chi connectivity index (χ0) is 13.2. The molecule has 102 valence electrons. The summed E-state index contributed by atoms with van der Waals surface area (Å²) in [5.41, 5.74) is 6.23. The van der Waals surface area contributed by atoms with Gasteiger partial charge in [-0.2, -0.15) is 0 Å². The number of para-hydroxylation sites is 1. The lowest BCUT2D eigenvalue weighted by Crippen LogP contribution is -2.50. The summed E-state index contributed by atoms with van der Waals surface area (Å²) in [6.45, 7) is 5.39. The van der Waals surface area contributed by atoms with Crippen LogP contribution >= 0.6 is 0 Å². The molecule has 1 aromatic heterocycles. The van der Waals surface area contributed by atoms with Crippen molar-refractivity contribution < 1.29 is 0 Å². The molecule has 3 rings (SSSR count). The van der Waals surface area contributed by atoms with Crippen LogP contribution in [0.2, 0.25) is 0 Å². The molecular formula is C15H22N4. The first kappa shape index (κ1) is 12.7. The van der Waals surface area contributed by atoms with Crippen molar-refractivity contribution in [2.75, 3.05) is 33.2 Å². The van der Waals surface area contributed by atoms with Gasteiger partial charge in [0.15, 0.2) is 0 Å². The van der Waals surface area contributed by atoms with E-state index in [2.05, 4.69) is 64.5 Å². The van der Waals surface area contributed by atoms with Gasteiger partial charge < -0.3 is 9.47 Å². The van der Waals surface area contributed by atoms with Gasteiger partial charge in [-0.3, -0.25) is 5.43 Å². The van der Waals surface area contributed by atoms with E-state index in [1.165, 1.54) is 16.5 Å². The van der Waals surface area contributed by atoms with E-state index in [0.29, 0.717) is 0 Å². The Bertz CT molecular complexity index is 552. The number of nitrogens with one attached hydrogen (secondary N) is 1. The molecule has 2 heterocycles. The van der Waals surface area contributed by atoms with Crippen molar-refractivity contribution in [2.24, 2.45) is 7.05 Å². The number of piperazine rings is 1. The molecule has 19 heavy (non-hydrogen) atoms. The number of benzene rings is 1. The average Bonchev–Trinajstić information content (AvgIpc) is 2.76. The summed E-state index contributed by atoms with van der Waals surface area (Å²) in [6.07, 6.45) is 2.23. The minimum Gasteiger partial charge on any atom is -0.350 e. The normalized spacial score (nSPS) is 18.2. The lowest BCUT2D eigenvalue weighted by atomic mass is 10.2. The second-order valence-corrected chi connectivity index (χ2v) is 5.41. The molecule has 0 unspecified atom stereocenters. The number of hydrogen-bond donors (Lipinski definition) is 1. The second-order valence-electron chi connectivity index (χ2n) is 5.41. The number of nitrogens with zero attached hydrogens (tertiary/aromatic N) is 3. The lowest BCUT2D eigenvalue weighted by Gasteiger charge is -2.32. The van der Waals surface area contributed by atoms with Crippen LogP contribution in [-0.4, -0.2) is 47.7 Å². The summed E-state index contributed by atoms with van der Waals surface area (Å²) in [5.74, 6) is 0. The number of hydrogen-bond acceptors (Lipinski definition) is 3. The smallest absolute Gasteiger partial charge is 0.0481 e. The van der Waals surface area contributed by atoms with Gasteiger partial charge in [-0.1, -0.05) is 18.2 Å². The third-order valence-electron chi connectivity index (χ3n) is 3.98. The molecule has 4 heteroatoms. The summed E-state index contributed by atoms with van der Waals surface area (Å²) >= 11 is 0. The van der Waals surface area contributed by atoms with Gasteiger partial charge in [0.1, 0.15) is 0 Å². The zero-order valence-electron chi connectivity index (χ0n) is 11.8. The van der Waals surface area contributed by atoms with Crippen molar-refractivity contribution in [1.82, 2.24) is 19.9 Å². The minimum absolute atomic E-state index is 0.908. The maximum atomic E-state index is 3.56. The van der Waals surface area contributed by atoms with Crippen LogP contribution in [0.4, 0.5) is 0 Å². The van der Waals surface area contributed by atoms with Crippen LogP contribution in [0, 0.1) is 0 Å². The molecule has 0 radical (unpaired) electrons. The maximum absolute atomic E-state index is 3.56. The Morgan fingerprint density at radius 1 is 1.05 bits per heavy atom. The summed E-state index contributed by atoms with van der Waals surface area (Å²) in [5, 5.41) is 3.69. The van der Waals surface area contributed by atoms with Gasteiger partial charge in [0.2, 0.25) is 0 Å². The Morgan fingerprint density at radius 3 is 2.58 bits per heavy atom. The van der Waals surface area contributed by atoms with E-state index in [4.69, 9.17) is 0 Å². The minimum atomic E-state index is 0.908. The monoisotopic (exact) mass is 258 g/mol. The Hall–Kier alpha value is -1.36. The van der Waals surface area contributed by atoms with Gasteiger partial charge in [-0.15, -0.1) is 0 Å². The molecule has 1 fully saturated rings. The van der Waals surface area contributed by atoms with Crippen LogP contribution in [0.1, 0.15) is 5.56 Å². The molecule has 1 saturated heterocycles. The van der Waals surface area contributed by atoms with Crippen LogP contribution in [0.15, 0.2) is 30.5 Å². The molecule has 0 bridgehead atoms. The topological polar surface area (TPSA) is 23.4 Å². The SMILES string of the molecule is CN1CCN(NCc2cn(C)c3ccccc23)CC1. The first-order chi connectivity index (χ1) is 9.24. The van der Waals surface area contributed by atoms with Crippen molar-refractivity contribution in [1.29, 1.82) is 0 Å². The molecule has 0 amide bonds. The molecule has 2 aromatic rings. The third kappa shape index (κ3) is 2.66. The fourth-order valence-electron chi connectivity index (χ4n) is 2.73. The molecule has 1 aromatic carbocycles. The summed E-state index contributed by atoms with van der Waals surface area (Å²) in [4.78, 5) is 2.37. The van der Waals surface area contributed by atoms with Crippen molar-refractivity contribution in [3.63, 3.8) is 0 Å². The molecule has 0 saturated carbocycles. The fraction of sp³-hybridized carbons (Fsp3) is 0.467. The molecule has 1 N–H and O–H groups in total. The molecule has 1 aliphatic heterocycles. The highest BCUT2D eigenvalue weighted by Crippen LogP contribution is 2.20. The van der Waals surface area contributed by atoms with Crippen LogP contribution in [0.3, 0.4) is 0 Å². The third-order valence-corrected chi connectivity index (χ3v) is 3.98. The van der Waals surface area contributed by atoms with Crippen molar-refractivity contribution in [2.45, 2.75) is 6.54 Å². The second kappa shape index (κ2) is 5.33. The van der Waals surface area contributed by atoms with Crippen LogP contribution in [0.25, 0.3) is 10.9 Å². The van der Waals surface area contributed by atoms with E-state index in [1.54, 1.807) is 0 Å². The highest BCUT2D eigenvalue weighted by atomic mass is 15.5.